The molecule has 0 aliphatic carbocycles. The third kappa shape index (κ3) is 2.82. The Morgan fingerprint density at radius 1 is 1.11 bits per heavy atom. The molecule has 1 aromatic heterocycles. The number of carbonyl (C=O) groups excluding carboxylic acids is 1. The number of aromatic carboxylic acids is 1. The topological polar surface area (TPSA) is 76.7 Å². The molecule has 1 aromatic carbocycles. The Kier molecular flexibility index (Phi) is 3.66. The maximum Gasteiger partial charge on any atom is 0.371 e. The van der Waals surface area contributed by atoms with E-state index in [1.54, 1.807) is 24.3 Å². The van der Waals surface area contributed by atoms with Gasteiger partial charge >= 0.3 is 5.97 Å². The zero-order valence-corrected chi connectivity index (χ0v) is 10.3. The predicted octanol–water partition coefficient (Wildman–Crippen LogP) is 2.61. The molecule has 0 radical (unpaired) electrons. The van der Waals surface area contributed by atoms with Crippen molar-refractivity contribution in [2.45, 2.75) is 6.92 Å². The Hall–Kier alpha value is -2.56. The molecule has 0 saturated carbocycles. The van der Waals surface area contributed by atoms with Crippen LogP contribution in [0.3, 0.4) is 0 Å². The maximum atomic E-state index is 12.0. The Bertz CT molecular complexity index is 595. The van der Waals surface area contributed by atoms with Crippen LogP contribution in [-0.2, 0) is 0 Å². The van der Waals surface area contributed by atoms with Crippen LogP contribution in [0.1, 0.15) is 33.6 Å². The van der Waals surface area contributed by atoms with Gasteiger partial charge in [-0.2, -0.15) is 0 Å². The summed E-state index contributed by atoms with van der Waals surface area (Å²) in [5, 5.41) is 8.72. The van der Waals surface area contributed by atoms with E-state index in [1.807, 2.05) is 6.92 Å². The van der Waals surface area contributed by atoms with Gasteiger partial charge in [0.1, 0.15) is 5.75 Å². The van der Waals surface area contributed by atoms with Crippen LogP contribution < -0.4 is 4.74 Å². The quantitative estimate of drug-likeness (QED) is 0.836. The van der Waals surface area contributed by atoms with Gasteiger partial charge in [-0.3, -0.25) is 4.79 Å². The zero-order valence-electron chi connectivity index (χ0n) is 10.3. The lowest BCUT2D eigenvalue weighted by Crippen LogP contribution is -2.00. The number of ether oxygens (including phenoxy) is 1. The summed E-state index contributed by atoms with van der Waals surface area (Å²) >= 11 is 0. The Morgan fingerprint density at radius 3 is 2.26 bits per heavy atom. The minimum atomic E-state index is -1.20. The molecule has 5 heteroatoms. The highest BCUT2D eigenvalue weighted by molar-refractivity contribution is 6.07. The molecule has 0 spiro atoms. The number of benzene rings is 1. The van der Waals surface area contributed by atoms with Crippen LogP contribution >= 0.6 is 0 Å². The third-order valence-corrected chi connectivity index (χ3v) is 2.47. The summed E-state index contributed by atoms with van der Waals surface area (Å²) in [4.78, 5) is 22.7. The first-order valence-corrected chi connectivity index (χ1v) is 5.72. The Balaban J connectivity index is 2.20. The van der Waals surface area contributed by atoms with Crippen LogP contribution in [0.5, 0.6) is 5.75 Å². The number of furan rings is 1. The van der Waals surface area contributed by atoms with Gasteiger partial charge in [-0.15, -0.1) is 0 Å². The van der Waals surface area contributed by atoms with Gasteiger partial charge in [-0.1, -0.05) is 0 Å². The predicted molar refractivity (Wildman–Crippen MR) is 66.7 cm³/mol. The number of hydrogen-bond acceptors (Lipinski definition) is 4. The van der Waals surface area contributed by atoms with Crippen LogP contribution in [0.2, 0.25) is 0 Å². The van der Waals surface area contributed by atoms with E-state index in [1.165, 1.54) is 12.1 Å². The highest BCUT2D eigenvalue weighted by Crippen LogP contribution is 2.17. The molecule has 19 heavy (non-hydrogen) atoms. The number of carbonyl (C=O) groups is 2. The summed E-state index contributed by atoms with van der Waals surface area (Å²) in [7, 11) is 0. The molecule has 5 nitrogen and oxygen atoms in total. The van der Waals surface area contributed by atoms with Gasteiger partial charge in [0.05, 0.1) is 6.61 Å². The van der Waals surface area contributed by atoms with Crippen molar-refractivity contribution in [1.29, 1.82) is 0 Å². The molecule has 1 N–H and O–H groups in total. The number of carboxylic acid groups (broad SMARTS) is 1. The van der Waals surface area contributed by atoms with Gasteiger partial charge in [-0.05, 0) is 43.3 Å². The van der Waals surface area contributed by atoms with Crippen LogP contribution in [0, 0.1) is 0 Å². The molecular formula is C14H12O5. The highest BCUT2D eigenvalue weighted by atomic mass is 16.5. The molecule has 98 valence electrons. The van der Waals surface area contributed by atoms with Crippen molar-refractivity contribution in [3.05, 3.63) is 53.5 Å². The molecule has 1 heterocycles. The van der Waals surface area contributed by atoms with Gasteiger partial charge in [0, 0.05) is 5.56 Å². The minimum absolute atomic E-state index is 0.00144. The molecule has 0 amide bonds. The maximum absolute atomic E-state index is 12.0. The first-order chi connectivity index (χ1) is 9.11. The SMILES string of the molecule is CCOc1ccc(C(=O)c2ccc(C(=O)O)o2)cc1. The summed E-state index contributed by atoms with van der Waals surface area (Å²) in [6.07, 6.45) is 0. The largest absolute Gasteiger partial charge is 0.494 e. The minimum Gasteiger partial charge on any atom is -0.494 e. The van der Waals surface area contributed by atoms with Crippen LogP contribution in [-0.4, -0.2) is 23.5 Å². The van der Waals surface area contributed by atoms with Gasteiger partial charge in [0.15, 0.2) is 5.76 Å². The van der Waals surface area contributed by atoms with Crippen molar-refractivity contribution in [3.8, 4) is 5.75 Å². The molecule has 0 bridgehead atoms. The molecule has 0 saturated heterocycles. The standard InChI is InChI=1S/C14H12O5/c1-2-18-10-5-3-9(4-6-10)13(15)11-7-8-12(19-11)14(16)17/h3-8H,2H2,1H3,(H,16,17). The molecule has 2 rings (SSSR count). The average molecular weight is 260 g/mol. The second kappa shape index (κ2) is 5.39. The molecule has 2 aromatic rings. The summed E-state index contributed by atoms with van der Waals surface area (Å²) < 4.78 is 10.2. The van der Waals surface area contributed by atoms with Gasteiger partial charge in [-0.25, -0.2) is 4.79 Å². The lowest BCUT2D eigenvalue weighted by atomic mass is 10.1. The summed E-state index contributed by atoms with van der Waals surface area (Å²) in [5.74, 6) is -1.15. The van der Waals surface area contributed by atoms with Crippen molar-refractivity contribution in [3.63, 3.8) is 0 Å². The lowest BCUT2D eigenvalue weighted by Gasteiger charge is -2.03. The summed E-state index contributed by atoms with van der Waals surface area (Å²) in [6.45, 7) is 2.42. The van der Waals surface area contributed by atoms with Crippen LogP contribution in [0.25, 0.3) is 0 Å². The lowest BCUT2D eigenvalue weighted by molar-refractivity contribution is 0.0660. The van der Waals surface area contributed by atoms with E-state index in [0.717, 1.165) is 0 Å². The van der Waals surface area contributed by atoms with E-state index in [0.29, 0.717) is 17.9 Å². The fraction of sp³-hybridized carbons (Fsp3) is 0.143. The Labute approximate surface area is 109 Å². The highest BCUT2D eigenvalue weighted by Gasteiger charge is 2.16. The van der Waals surface area contributed by atoms with E-state index in [4.69, 9.17) is 14.3 Å². The summed E-state index contributed by atoms with van der Waals surface area (Å²) in [6, 6.07) is 9.18. The average Bonchev–Trinajstić information content (AvgIpc) is 2.89. The molecular weight excluding hydrogens is 248 g/mol. The van der Waals surface area contributed by atoms with E-state index < -0.39 is 5.97 Å². The summed E-state index contributed by atoms with van der Waals surface area (Å²) in [5.41, 5.74) is 0.412. The van der Waals surface area contributed by atoms with Gasteiger partial charge < -0.3 is 14.3 Å². The number of hydrogen-bond donors (Lipinski definition) is 1. The fourth-order valence-corrected chi connectivity index (χ4v) is 1.59. The normalized spacial score (nSPS) is 10.2. The zero-order chi connectivity index (χ0) is 13.8. The van der Waals surface area contributed by atoms with Crippen molar-refractivity contribution >= 4 is 11.8 Å². The second-order valence-electron chi connectivity index (χ2n) is 3.76. The van der Waals surface area contributed by atoms with Crippen molar-refractivity contribution in [2.24, 2.45) is 0 Å². The number of ketones is 1. The smallest absolute Gasteiger partial charge is 0.371 e. The van der Waals surface area contributed by atoms with Crippen LogP contribution in [0.4, 0.5) is 0 Å². The molecule has 0 atom stereocenters. The van der Waals surface area contributed by atoms with E-state index in [2.05, 4.69) is 0 Å². The van der Waals surface area contributed by atoms with E-state index in [-0.39, 0.29) is 17.3 Å². The Morgan fingerprint density at radius 2 is 1.74 bits per heavy atom. The molecule has 0 fully saturated rings. The monoisotopic (exact) mass is 260 g/mol. The fourth-order valence-electron chi connectivity index (χ4n) is 1.59. The van der Waals surface area contributed by atoms with Crippen LogP contribution in [0.15, 0.2) is 40.8 Å². The van der Waals surface area contributed by atoms with E-state index in [9.17, 15) is 9.59 Å². The van der Waals surface area contributed by atoms with Gasteiger partial charge in [0.25, 0.3) is 0 Å². The second-order valence-corrected chi connectivity index (χ2v) is 3.76. The molecule has 0 aliphatic rings. The van der Waals surface area contributed by atoms with Crippen molar-refractivity contribution in [2.75, 3.05) is 6.61 Å². The first-order valence-electron chi connectivity index (χ1n) is 5.72. The van der Waals surface area contributed by atoms with Gasteiger partial charge in [0.2, 0.25) is 11.5 Å². The van der Waals surface area contributed by atoms with Crippen molar-refractivity contribution < 1.29 is 23.8 Å². The number of rotatable bonds is 5. The first kappa shape index (κ1) is 12.9. The molecule has 0 unspecified atom stereocenters. The van der Waals surface area contributed by atoms with Crippen molar-refractivity contribution in [1.82, 2.24) is 0 Å². The number of carboxylic acids is 1. The third-order valence-electron chi connectivity index (χ3n) is 2.47. The van der Waals surface area contributed by atoms with E-state index >= 15 is 0 Å². The molecule has 0 aliphatic heterocycles.